The van der Waals surface area contributed by atoms with E-state index in [0.717, 1.165) is 0 Å². The standard InChI is InChI=1S/C11H14N2/c1-12-8-9-13(2)11(12)10-6-4-3-5-7-10/h3-9,11H,1-2H3. The van der Waals surface area contributed by atoms with Gasteiger partial charge in [0.05, 0.1) is 0 Å². The molecule has 0 amide bonds. The van der Waals surface area contributed by atoms with Crippen molar-refractivity contribution in [1.29, 1.82) is 0 Å². The van der Waals surface area contributed by atoms with Crippen LogP contribution in [0.5, 0.6) is 0 Å². The summed E-state index contributed by atoms with van der Waals surface area (Å²) in [4.78, 5) is 4.41. The van der Waals surface area contributed by atoms with Crippen LogP contribution in [0.25, 0.3) is 0 Å². The van der Waals surface area contributed by atoms with Crippen molar-refractivity contribution in [2.45, 2.75) is 6.17 Å². The van der Waals surface area contributed by atoms with Crippen LogP contribution in [0.3, 0.4) is 0 Å². The fourth-order valence-corrected chi connectivity index (χ4v) is 1.76. The molecule has 68 valence electrons. The van der Waals surface area contributed by atoms with E-state index in [1.165, 1.54) is 5.56 Å². The fourth-order valence-electron chi connectivity index (χ4n) is 1.76. The number of benzene rings is 1. The third kappa shape index (κ3) is 1.39. The van der Waals surface area contributed by atoms with Gasteiger partial charge < -0.3 is 9.80 Å². The summed E-state index contributed by atoms with van der Waals surface area (Å²) in [5.41, 5.74) is 1.33. The zero-order chi connectivity index (χ0) is 9.26. The first-order valence-electron chi connectivity index (χ1n) is 4.46. The summed E-state index contributed by atoms with van der Waals surface area (Å²) in [6.07, 6.45) is 4.55. The molecular weight excluding hydrogens is 160 g/mol. The summed E-state index contributed by atoms with van der Waals surface area (Å²) in [6.45, 7) is 0. The van der Waals surface area contributed by atoms with Gasteiger partial charge in [0.1, 0.15) is 6.17 Å². The second-order valence-electron chi connectivity index (χ2n) is 3.41. The molecule has 1 aliphatic rings. The van der Waals surface area contributed by atoms with Crippen LogP contribution in [-0.2, 0) is 0 Å². The first-order valence-corrected chi connectivity index (χ1v) is 4.46. The van der Waals surface area contributed by atoms with Crippen LogP contribution >= 0.6 is 0 Å². The normalized spacial score (nSPS) is 17.1. The molecule has 0 radical (unpaired) electrons. The highest BCUT2D eigenvalue weighted by atomic mass is 15.4. The van der Waals surface area contributed by atoms with Gasteiger partial charge in [-0.2, -0.15) is 0 Å². The molecule has 2 nitrogen and oxygen atoms in total. The molecule has 2 heteroatoms. The smallest absolute Gasteiger partial charge is 0.127 e. The van der Waals surface area contributed by atoms with Crippen LogP contribution in [0.15, 0.2) is 42.7 Å². The predicted molar refractivity (Wildman–Crippen MR) is 53.8 cm³/mol. The van der Waals surface area contributed by atoms with Gasteiger partial charge in [-0.3, -0.25) is 0 Å². The molecule has 0 N–H and O–H groups in total. The van der Waals surface area contributed by atoms with E-state index < -0.39 is 0 Å². The number of rotatable bonds is 1. The van der Waals surface area contributed by atoms with Gasteiger partial charge in [-0.15, -0.1) is 0 Å². The molecule has 0 saturated carbocycles. The third-order valence-corrected chi connectivity index (χ3v) is 2.41. The van der Waals surface area contributed by atoms with E-state index >= 15 is 0 Å². The molecule has 0 saturated heterocycles. The highest BCUT2D eigenvalue weighted by molar-refractivity contribution is 5.21. The van der Waals surface area contributed by atoms with Crippen molar-refractivity contribution in [2.75, 3.05) is 14.1 Å². The van der Waals surface area contributed by atoms with E-state index in [1.807, 2.05) is 6.07 Å². The van der Waals surface area contributed by atoms with Crippen molar-refractivity contribution in [3.05, 3.63) is 48.3 Å². The molecule has 2 rings (SSSR count). The van der Waals surface area contributed by atoms with Gasteiger partial charge >= 0.3 is 0 Å². The Balaban J connectivity index is 2.27. The minimum atomic E-state index is 0.362. The molecule has 1 aliphatic heterocycles. The van der Waals surface area contributed by atoms with Gasteiger partial charge in [0.25, 0.3) is 0 Å². The molecule has 1 aromatic rings. The molecule has 0 aliphatic carbocycles. The van der Waals surface area contributed by atoms with E-state index in [2.05, 4.69) is 60.6 Å². The Morgan fingerprint density at radius 2 is 1.46 bits per heavy atom. The van der Waals surface area contributed by atoms with Crippen LogP contribution in [0.2, 0.25) is 0 Å². The lowest BCUT2D eigenvalue weighted by Crippen LogP contribution is -2.25. The molecule has 0 spiro atoms. The maximum atomic E-state index is 2.20. The van der Waals surface area contributed by atoms with Crippen LogP contribution < -0.4 is 0 Å². The molecular formula is C11H14N2. The number of hydrogen-bond acceptors (Lipinski definition) is 2. The van der Waals surface area contributed by atoms with Gasteiger partial charge in [0.2, 0.25) is 0 Å². The van der Waals surface area contributed by atoms with Crippen molar-refractivity contribution in [2.24, 2.45) is 0 Å². The fraction of sp³-hybridized carbons (Fsp3) is 0.273. The molecule has 0 unspecified atom stereocenters. The predicted octanol–water partition coefficient (Wildman–Crippen LogP) is 2.03. The summed E-state index contributed by atoms with van der Waals surface area (Å²) in [6, 6.07) is 10.5. The van der Waals surface area contributed by atoms with Gasteiger partial charge in [-0.05, 0) is 5.56 Å². The Hall–Kier alpha value is -1.44. The molecule has 1 heterocycles. The summed E-state index contributed by atoms with van der Waals surface area (Å²) in [7, 11) is 4.19. The maximum absolute atomic E-state index is 2.20. The lowest BCUT2D eigenvalue weighted by Gasteiger charge is -2.27. The van der Waals surface area contributed by atoms with Crippen LogP contribution in [0, 0.1) is 0 Å². The first kappa shape index (κ1) is 8.17. The summed E-state index contributed by atoms with van der Waals surface area (Å²) in [5, 5.41) is 0. The Morgan fingerprint density at radius 3 is 2.00 bits per heavy atom. The minimum Gasteiger partial charge on any atom is -0.355 e. The molecule has 1 aromatic carbocycles. The lowest BCUT2D eigenvalue weighted by atomic mass is 10.1. The Kier molecular flexibility index (Phi) is 1.97. The van der Waals surface area contributed by atoms with Gasteiger partial charge in [-0.25, -0.2) is 0 Å². The Bertz CT molecular complexity index is 293. The van der Waals surface area contributed by atoms with Gasteiger partial charge in [0, 0.05) is 26.5 Å². The van der Waals surface area contributed by atoms with Gasteiger partial charge in [0.15, 0.2) is 0 Å². The maximum Gasteiger partial charge on any atom is 0.127 e. The Labute approximate surface area is 79.1 Å². The topological polar surface area (TPSA) is 6.48 Å². The van der Waals surface area contributed by atoms with Crippen LogP contribution in [0.1, 0.15) is 11.7 Å². The van der Waals surface area contributed by atoms with Crippen LogP contribution in [-0.4, -0.2) is 23.9 Å². The first-order chi connectivity index (χ1) is 6.29. The third-order valence-electron chi connectivity index (χ3n) is 2.41. The largest absolute Gasteiger partial charge is 0.355 e. The molecule has 0 bridgehead atoms. The summed E-state index contributed by atoms with van der Waals surface area (Å²) in [5.74, 6) is 0. The summed E-state index contributed by atoms with van der Waals surface area (Å²) < 4.78 is 0. The highest BCUT2D eigenvalue weighted by Gasteiger charge is 2.21. The van der Waals surface area contributed by atoms with E-state index in [-0.39, 0.29) is 0 Å². The average molecular weight is 174 g/mol. The van der Waals surface area contributed by atoms with Crippen molar-refractivity contribution < 1.29 is 0 Å². The SMILES string of the molecule is CN1C=CN(C)C1c1ccccc1. The zero-order valence-electron chi connectivity index (χ0n) is 8.01. The van der Waals surface area contributed by atoms with Gasteiger partial charge in [-0.1, -0.05) is 30.3 Å². The molecule has 0 atom stereocenters. The zero-order valence-corrected chi connectivity index (χ0v) is 8.01. The van der Waals surface area contributed by atoms with E-state index in [4.69, 9.17) is 0 Å². The van der Waals surface area contributed by atoms with Crippen molar-refractivity contribution in [3.63, 3.8) is 0 Å². The quantitative estimate of drug-likeness (QED) is 0.642. The molecule has 13 heavy (non-hydrogen) atoms. The van der Waals surface area contributed by atoms with Crippen molar-refractivity contribution in [3.8, 4) is 0 Å². The average Bonchev–Trinajstić information content (AvgIpc) is 2.48. The number of hydrogen-bond donors (Lipinski definition) is 0. The second-order valence-corrected chi connectivity index (χ2v) is 3.41. The van der Waals surface area contributed by atoms with E-state index in [0.29, 0.717) is 6.17 Å². The molecule has 0 aromatic heterocycles. The molecule has 0 fully saturated rings. The highest BCUT2D eigenvalue weighted by Crippen LogP contribution is 2.26. The number of nitrogens with zero attached hydrogens (tertiary/aromatic N) is 2. The van der Waals surface area contributed by atoms with E-state index in [1.54, 1.807) is 0 Å². The van der Waals surface area contributed by atoms with Crippen molar-refractivity contribution in [1.82, 2.24) is 9.80 Å². The summed E-state index contributed by atoms with van der Waals surface area (Å²) >= 11 is 0. The second kappa shape index (κ2) is 3.13. The minimum absolute atomic E-state index is 0.362. The van der Waals surface area contributed by atoms with Crippen LogP contribution in [0.4, 0.5) is 0 Å². The van der Waals surface area contributed by atoms with Crippen molar-refractivity contribution >= 4 is 0 Å². The Morgan fingerprint density at radius 1 is 0.923 bits per heavy atom. The lowest BCUT2D eigenvalue weighted by molar-refractivity contribution is 0.209. The van der Waals surface area contributed by atoms with E-state index in [9.17, 15) is 0 Å². The monoisotopic (exact) mass is 174 g/mol.